The van der Waals surface area contributed by atoms with E-state index in [1.54, 1.807) is 12.1 Å². The van der Waals surface area contributed by atoms with Crippen LogP contribution in [0.25, 0.3) is 0 Å². The predicted molar refractivity (Wildman–Crippen MR) is 84.3 cm³/mol. The molecule has 0 aliphatic carbocycles. The maximum absolute atomic E-state index is 11.7. The molecule has 1 N–H and O–H groups in total. The van der Waals surface area contributed by atoms with Gasteiger partial charge in [-0.2, -0.15) is 0 Å². The first-order valence-corrected chi connectivity index (χ1v) is 9.28. The standard InChI is InChI=1S/C14H19Cl2NO2S/c1-17-8-12(10-4-5-20(18,19)9-10)6-11-7-13(15)2-3-14(11)16/h2-3,7,10,12,17H,4-6,8-9H2,1H3. The van der Waals surface area contributed by atoms with E-state index >= 15 is 0 Å². The van der Waals surface area contributed by atoms with E-state index < -0.39 is 9.84 Å². The number of sulfone groups is 1. The molecule has 1 fully saturated rings. The molecule has 1 aliphatic rings. The third-order valence-electron chi connectivity index (χ3n) is 3.89. The van der Waals surface area contributed by atoms with Gasteiger partial charge in [-0.25, -0.2) is 8.42 Å². The van der Waals surface area contributed by atoms with Crippen LogP contribution in [0.3, 0.4) is 0 Å². The highest BCUT2D eigenvalue weighted by Gasteiger charge is 2.33. The minimum Gasteiger partial charge on any atom is -0.319 e. The Hall–Kier alpha value is -0.290. The maximum Gasteiger partial charge on any atom is 0.150 e. The molecule has 1 saturated heterocycles. The van der Waals surface area contributed by atoms with Gasteiger partial charge in [0.25, 0.3) is 0 Å². The summed E-state index contributed by atoms with van der Waals surface area (Å²) in [6.45, 7) is 0.781. The molecule has 2 rings (SSSR count). The van der Waals surface area contributed by atoms with Crippen LogP contribution in [0.4, 0.5) is 0 Å². The molecule has 0 saturated carbocycles. The molecule has 1 aromatic carbocycles. The van der Waals surface area contributed by atoms with Crippen molar-refractivity contribution >= 4 is 33.0 Å². The second-order valence-electron chi connectivity index (χ2n) is 5.42. The summed E-state index contributed by atoms with van der Waals surface area (Å²) in [7, 11) is -0.971. The Bertz CT molecular complexity index is 575. The number of hydrogen-bond donors (Lipinski definition) is 1. The molecule has 0 bridgehead atoms. The molecule has 2 atom stereocenters. The van der Waals surface area contributed by atoms with Gasteiger partial charge in [0, 0.05) is 10.0 Å². The lowest BCUT2D eigenvalue weighted by atomic mass is 9.86. The van der Waals surface area contributed by atoms with Crippen molar-refractivity contribution in [2.75, 3.05) is 25.1 Å². The van der Waals surface area contributed by atoms with E-state index in [1.165, 1.54) is 0 Å². The molecule has 112 valence electrons. The van der Waals surface area contributed by atoms with Crippen molar-refractivity contribution in [1.29, 1.82) is 0 Å². The molecule has 2 unspecified atom stereocenters. The highest BCUT2D eigenvalue weighted by atomic mass is 35.5. The fraction of sp³-hybridized carbons (Fsp3) is 0.571. The number of halogens is 2. The summed E-state index contributed by atoms with van der Waals surface area (Å²) in [4.78, 5) is 0. The third-order valence-corrected chi connectivity index (χ3v) is 6.29. The normalized spacial score (nSPS) is 22.9. The molecule has 20 heavy (non-hydrogen) atoms. The quantitative estimate of drug-likeness (QED) is 0.899. The first-order valence-electron chi connectivity index (χ1n) is 6.70. The molecule has 0 spiro atoms. The number of nitrogens with one attached hydrogen (secondary N) is 1. The fourth-order valence-corrected chi connectivity index (χ4v) is 5.15. The Kier molecular flexibility index (Phi) is 5.35. The molecule has 6 heteroatoms. The number of benzene rings is 1. The molecule has 3 nitrogen and oxygen atoms in total. The summed E-state index contributed by atoms with van der Waals surface area (Å²) in [6.07, 6.45) is 1.49. The van der Waals surface area contributed by atoms with Crippen molar-refractivity contribution in [2.24, 2.45) is 11.8 Å². The minimum atomic E-state index is -2.86. The van der Waals surface area contributed by atoms with Gasteiger partial charge in [-0.15, -0.1) is 0 Å². The van der Waals surface area contributed by atoms with E-state index in [0.29, 0.717) is 15.8 Å². The highest BCUT2D eigenvalue weighted by Crippen LogP contribution is 2.31. The molecule has 1 heterocycles. The van der Waals surface area contributed by atoms with Gasteiger partial charge < -0.3 is 5.32 Å². The fourth-order valence-electron chi connectivity index (χ4n) is 2.85. The van der Waals surface area contributed by atoms with Crippen molar-refractivity contribution in [3.05, 3.63) is 33.8 Å². The average Bonchev–Trinajstić information content (AvgIpc) is 2.73. The Balaban J connectivity index is 2.15. The van der Waals surface area contributed by atoms with Crippen molar-refractivity contribution < 1.29 is 8.42 Å². The lowest BCUT2D eigenvalue weighted by molar-refractivity contribution is 0.352. The smallest absolute Gasteiger partial charge is 0.150 e. The van der Waals surface area contributed by atoms with Gasteiger partial charge in [0.15, 0.2) is 9.84 Å². The van der Waals surface area contributed by atoms with E-state index in [1.807, 2.05) is 13.1 Å². The Morgan fingerprint density at radius 3 is 2.75 bits per heavy atom. The van der Waals surface area contributed by atoms with Crippen LogP contribution in [0.1, 0.15) is 12.0 Å². The average molecular weight is 336 g/mol. The van der Waals surface area contributed by atoms with Crippen LogP contribution < -0.4 is 5.32 Å². The zero-order valence-corrected chi connectivity index (χ0v) is 13.7. The third kappa shape index (κ3) is 4.10. The van der Waals surface area contributed by atoms with E-state index in [0.717, 1.165) is 24.9 Å². The second-order valence-corrected chi connectivity index (χ2v) is 8.49. The van der Waals surface area contributed by atoms with Gasteiger partial charge >= 0.3 is 0 Å². The Morgan fingerprint density at radius 1 is 1.40 bits per heavy atom. The topological polar surface area (TPSA) is 46.2 Å². The minimum absolute atomic E-state index is 0.197. The molecular formula is C14H19Cl2NO2S. The first kappa shape index (κ1) is 16.1. The van der Waals surface area contributed by atoms with Crippen molar-refractivity contribution in [3.8, 4) is 0 Å². The first-order chi connectivity index (χ1) is 9.41. The van der Waals surface area contributed by atoms with Crippen LogP contribution in [0.5, 0.6) is 0 Å². The van der Waals surface area contributed by atoms with Crippen LogP contribution in [0.15, 0.2) is 18.2 Å². The van der Waals surface area contributed by atoms with Gasteiger partial charge in [0.1, 0.15) is 0 Å². The SMILES string of the molecule is CNCC(Cc1cc(Cl)ccc1Cl)C1CCS(=O)(=O)C1. The number of rotatable bonds is 5. The zero-order valence-electron chi connectivity index (χ0n) is 11.4. The van der Waals surface area contributed by atoms with Gasteiger partial charge in [0.05, 0.1) is 11.5 Å². The molecule has 0 amide bonds. The van der Waals surface area contributed by atoms with E-state index in [-0.39, 0.29) is 17.6 Å². The van der Waals surface area contributed by atoms with Crippen LogP contribution in [-0.4, -0.2) is 33.5 Å². The molecule has 0 aromatic heterocycles. The molecular weight excluding hydrogens is 317 g/mol. The van der Waals surface area contributed by atoms with Gasteiger partial charge in [0.2, 0.25) is 0 Å². The van der Waals surface area contributed by atoms with E-state index in [2.05, 4.69) is 5.32 Å². The zero-order chi connectivity index (χ0) is 14.8. The summed E-state index contributed by atoms with van der Waals surface area (Å²) in [6, 6.07) is 5.43. The number of hydrogen-bond acceptors (Lipinski definition) is 3. The van der Waals surface area contributed by atoms with Crippen LogP contribution in [0.2, 0.25) is 10.0 Å². The summed E-state index contributed by atoms with van der Waals surface area (Å²) in [5.41, 5.74) is 0.990. The molecule has 1 aliphatic heterocycles. The molecule has 1 aromatic rings. The van der Waals surface area contributed by atoms with Crippen molar-refractivity contribution in [3.63, 3.8) is 0 Å². The Morgan fingerprint density at radius 2 is 2.15 bits per heavy atom. The lowest BCUT2D eigenvalue weighted by Gasteiger charge is -2.23. The largest absolute Gasteiger partial charge is 0.319 e. The lowest BCUT2D eigenvalue weighted by Crippen LogP contribution is -2.28. The van der Waals surface area contributed by atoms with Gasteiger partial charge in [-0.1, -0.05) is 23.2 Å². The van der Waals surface area contributed by atoms with E-state index in [4.69, 9.17) is 23.2 Å². The maximum atomic E-state index is 11.7. The second kappa shape index (κ2) is 6.65. The highest BCUT2D eigenvalue weighted by molar-refractivity contribution is 7.91. The van der Waals surface area contributed by atoms with Crippen LogP contribution >= 0.6 is 23.2 Å². The summed E-state index contributed by atoms with van der Waals surface area (Å²) >= 11 is 12.2. The summed E-state index contributed by atoms with van der Waals surface area (Å²) in [5, 5.41) is 4.51. The Labute approximate surface area is 130 Å². The summed E-state index contributed by atoms with van der Waals surface area (Å²) < 4.78 is 23.3. The molecule has 0 radical (unpaired) electrons. The van der Waals surface area contributed by atoms with Gasteiger partial charge in [-0.3, -0.25) is 0 Å². The monoisotopic (exact) mass is 335 g/mol. The van der Waals surface area contributed by atoms with Gasteiger partial charge in [-0.05, 0) is 62.0 Å². The predicted octanol–water partition coefficient (Wildman–Crippen LogP) is 2.81. The van der Waals surface area contributed by atoms with Crippen molar-refractivity contribution in [2.45, 2.75) is 12.8 Å². The van der Waals surface area contributed by atoms with Crippen molar-refractivity contribution in [1.82, 2.24) is 5.32 Å². The summed E-state index contributed by atoms with van der Waals surface area (Å²) in [5.74, 6) is 1.05. The van der Waals surface area contributed by atoms with Crippen LogP contribution in [-0.2, 0) is 16.3 Å². The van der Waals surface area contributed by atoms with E-state index in [9.17, 15) is 8.42 Å². The van der Waals surface area contributed by atoms with Crippen LogP contribution in [0, 0.1) is 11.8 Å².